The van der Waals surface area contributed by atoms with E-state index in [-0.39, 0.29) is 17.1 Å². The van der Waals surface area contributed by atoms with Crippen molar-refractivity contribution in [3.63, 3.8) is 0 Å². The fourth-order valence-electron chi connectivity index (χ4n) is 2.27. The van der Waals surface area contributed by atoms with Gasteiger partial charge in [-0.15, -0.1) is 0 Å². The maximum absolute atomic E-state index is 12.2. The van der Waals surface area contributed by atoms with Crippen molar-refractivity contribution in [1.29, 1.82) is 0 Å². The van der Waals surface area contributed by atoms with Crippen molar-refractivity contribution in [2.75, 3.05) is 7.11 Å². The molecular formula is C13H16BrNO5. The summed E-state index contributed by atoms with van der Waals surface area (Å²) >= 11 is 3.23. The van der Waals surface area contributed by atoms with Gasteiger partial charge in [-0.1, -0.05) is 15.9 Å². The van der Waals surface area contributed by atoms with Gasteiger partial charge in [0.2, 0.25) is 0 Å². The van der Waals surface area contributed by atoms with Crippen LogP contribution in [-0.2, 0) is 0 Å². The quantitative estimate of drug-likeness (QED) is 0.648. The number of rotatable bonds is 3. The summed E-state index contributed by atoms with van der Waals surface area (Å²) in [6.07, 6.45) is -0.902. The van der Waals surface area contributed by atoms with Crippen molar-refractivity contribution in [3.05, 3.63) is 22.2 Å². The largest absolute Gasteiger partial charge is 0.504 e. The number of hydrogen-bond donors (Lipinski definition) is 4. The number of nitrogens with one attached hydrogen (secondary N) is 1. The van der Waals surface area contributed by atoms with E-state index < -0.39 is 24.2 Å². The van der Waals surface area contributed by atoms with Crippen LogP contribution in [0.25, 0.3) is 0 Å². The molecule has 0 aromatic heterocycles. The number of halogens is 1. The first-order valence-electron chi connectivity index (χ1n) is 6.17. The highest BCUT2D eigenvalue weighted by atomic mass is 79.9. The second-order valence-corrected chi connectivity index (χ2v) is 5.64. The molecule has 3 atom stereocenters. The molecule has 1 saturated carbocycles. The lowest BCUT2D eigenvalue weighted by Crippen LogP contribution is -2.42. The standard InChI is InChI=1S/C13H16BrNO5/c1-20-10-5-6(14)4-7(11(10)17)13(19)15-8-2-3-9(16)12(8)18/h4-5,8-9,12,16-18H,2-3H2,1H3,(H,15,19)/t8-,9-,12-/m1/s1. The highest BCUT2D eigenvalue weighted by molar-refractivity contribution is 9.10. The van der Waals surface area contributed by atoms with E-state index in [2.05, 4.69) is 21.2 Å². The Balaban J connectivity index is 2.19. The Hall–Kier alpha value is -1.31. The highest BCUT2D eigenvalue weighted by Gasteiger charge is 2.34. The smallest absolute Gasteiger partial charge is 0.255 e. The first kappa shape index (κ1) is 15.1. The van der Waals surface area contributed by atoms with Gasteiger partial charge in [-0.2, -0.15) is 0 Å². The molecule has 0 saturated heterocycles. The first-order chi connectivity index (χ1) is 9.43. The minimum Gasteiger partial charge on any atom is -0.504 e. The number of hydrogen-bond acceptors (Lipinski definition) is 5. The van der Waals surface area contributed by atoms with Crippen LogP contribution in [0.15, 0.2) is 16.6 Å². The van der Waals surface area contributed by atoms with Crippen LogP contribution in [0.3, 0.4) is 0 Å². The van der Waals surface area contributed by atoms with E-state index in [0.717, 1.165) is 0 Å². The van der Waals surface area contributed by atoms with Crippen LogP contribution >= 0.6 is 15.9 Å². The molecule has 2 rings (SSSR count). The zero-order chi connectivity index (χ0) is 14.9. The van der Waals surface area contributed by atoms with Gasteiger partial charge in [0.1, 0.15) is 6.10 Å². The molecule has 1 aliphatic rings. The predicted molar refractivity (Wildman–Crippen MR) is 74.9 cm³/mol. The summed E-state index contributed by atoms with van der Waals surface area (Å²) < 4.78 is 5.56. The maximum Gasteiger partial charge on any atom is 0.255 e. The summed E-state index contributed by atoms with van der Waals surface area (Å²) in [5.74, 6) is -0.613. The molecule has 1 fully saturated rings. The fraction of sp³-hybridized carbons (Fsp3) is 0.462. The summed E-state index contributed by atoms with van der Waals surface area (Å²) in [7, 11) is 1.39. The lowest BCUT2D eigenvalue weighted by Gasteiger charge is -2.18. The molecule has 0 spiro atoms. The molecule has 6 nitrogen and oxygen atoms in total. The minimum atomic E-state index is -0.991. The van der Waals surface area contributed by atoms with Gasteiger partial charge >= 0.3 is 0 Å². The number of amides is 1. The lowest BCUT2D eigenvalue weighted by atomic mass is 10.1. The summed E-state index contributed by atoms with van der Waals surface area (Å²) in [4.78, 5) is 12.2. The highest BCUT2D eigenvalue weighted by Crippen LogP contribution is 2.33. The molecule has 1 aliphatic carbocycles. The van der Waals surface area contributed by atoms with E-state index in [1.165, 1.54) is 13.2 Å². The molecular weight excluding hydrogens is 330 g/mol. The van der Waals surface area contributed by atoms with Crippen LogP contribution in [0.1, 0.15) is 23.2 Å². The van der Waals surface area contributed by atoms with Crippen molar-refractivity contribution < 1.29 is 24.9 Å². The Morgan fingerprint density at radius 3 is 2.65 bits per heavy atom. The normalized spacial score (nSPS) is 25.5. The topological polar surface area (TPSA) is 99.0 Å². The fourth-order valence-corrected chi connectivity index (χ4v) is 2.70. The number of aliphatic hydroxyl groups is 2. The number of benzene rings is 1. The number of phenolic OH excluding ortho intramolecular Hbond substituents is 1. The number of ether oxygens (including phenoxy) is 1. The van der Waals surface area contributed by atoms with Crippen LogP contribution in [-0.4, -0.2) is 46.6 Å². The van der Waals surface area contributed by atoms with Crippen molar-refractivity contribution >= 4 is 21.8 Å². The Morgan fingerprint density at radius 2 is 2.10 bits per heavy atom. The van der Waals surface area contributed by atoms with E-state index in [1.807, 2.05) is 0 Å². The van der Waals surface area contributed by atoms with Gasteiger partial charge in [-0.25, -0.2) is 0 Å². The number of aromatic hydroxyl groups is 1. The maximum atomic E-state index is 12.2. The third-order valence-electron chi connectivity index (χ3n) is 3.40. The summed E-state index contributed by atoms with van der Waals surface area (Å²) in [5.41, 5.74) is 0.0461. The molecule has 7 heteroatoms. The average molecular weight is 346 g/mol. The van der Waals surface area contributed by atoms with Gasteiger partial charge < -0.3 is 25.4 Å². The molecule has 0 aliphatic heterocycles. The number of carbonyl (C=O) groups is 1. The van der Waals surface area contributed by atoms with Gasteiger partial charge in [-0.3, -0.25) is 4.79 Å². The first-order valence-corrected chi connectivity index (χ1v) is 6.97. The second kappa shape index (κ2) is 5.99. The molecule has 4 N–H and O–H groups in total. The zero-order valence-corrected chi connectivity index (χ0v) is 12.4. The SMILES string of the molecule is COc1cc(Br)cc(C(=O)N[C@@H]2CC[C@@H](O)[C@@H]2O)c1O. The van der Waals surface area contributed by atoms with Crippen molar-refractivity contribution in [2.24, 2.45) is 0 Å². The van der Waals surface area contributed by atoms with Crippen molar-refractivity contribution in [1.82, 2.24) is 5.32 Å². The van der Waals surface area contributed by atoms with Gasteiger partial charge in [0.15, 0.2) is 11.5 Å². The van der Waals surface area contributed by atoms with E-state index in [9.17, 15) is 20.1 Å². The number of aliphatic hydroxyl groups excluding tert-OH is 2. The summed E-state index contributed by atoms with van der Waals surface area (Å²) in [5, 5.41) is 31.7. The predicted octanol–water partition coefficient (Wildman–Crippen LogP) is 0.777. The average Bonchev–Trinajstić information content (AvgIpc) is 2.72. The van der Waals surface area contributed by atoms with Crippen molar-refractivity contribution in [3.8, 4) is 11.5 Å². The van der Waals surface area contributed by atoms with Crippen molar-refractivity contribution in [2.45, 2.75) is 31.1 Å². The van der Waals surface area contributed by atoms with E-state index in [0.29, 0.717) is 17.3 Å². The van der Waals surface area contributed by atoms with E-state index >= 15 is 0 Å². The Bertz CT molecular complexity index is 522. The van der Waals surface area contributed by atoms with E-state index in [1.54, 1.807) is 6.07 Å². The van der Waals surface area contributed by atoms with Crippen LogP contribution in [0.2, 0.25) is 0 Å². The number of phenols is 1. The van der Waals surface area contributed by atoms with Crippen LogP contribution in [0.5, 0.6) is 11.5 Å². The second-order valence-electron chi connectivity index (χ2n) is 4.72. The Morgan fingerprint density at radius 1 is 1.40 bits per heavy atom. The van der Waals surface area contributed by atoms with Crippen LogP contribution in [0, 0.1) is 0 Å². The third kappa shape index (κ3) is 2.89. The molecule has 0 heterocycles. The molecule has 1 aromatic rings. The molecule has 110 valence electrons. The van der Waals surface area contributed by atoms with E-state index in [4.69, 9.17) is 4.74 Å². The summed E-state index contributed by atoms with van der Waals surface area (Å²) in [6.45, 7) is 0. The van der Waals surface area contributed by atoms with Gasteiger partial charge in [0, 0.05) is 4.47 Å². The number of methoxy groups -OCH3 is 1. The summed E-state index contributed by atoms with van der Waals surface area (Å²) in [6, 6.07) is 2.48. The Kier molecular flexibility index (Phi) is 4.52. The zero-order valence-electron chi connectivity index (χ0n) is 10.8. The minimum absolute atomic E-state index is 0.0461. The lowest BCUT2D eigenvalue weighted by molar-refractivity contribution is 0.0296. The van der Waals surface area contributed by atoms with Crippen LogP contribution < -0.4 is 10.1 Å². The number of carbonyl (C=O) groups excluding carboxylic acids is 1. The monoisotopic (exact) mass is 345 g/mol. The van der Waals surface area contributed by atoms with Crippen LogP contribution in [0.4, 0.5) is 0 Å². The molecule has 1 amide bonds. The molecule has 20 heavy (non-hydrogen) atoms. The van der Waals surface area contributed by atoms with Gasteiger partial charge in [-0.05, 0) is 25.0 Å². The van der Waals surface area contributed by atoms with Gasteiger partial charge in [0.25, 0.3) is 5.91 Å². The molecule has 1 aromatic carbocycles. The Labute approximate surface area is 124 Å². The molecule has 0 bridgehead atoms. The molecule has 0 radical (unpaired) electrons. The third-order valence-corrected chi connectivity index (χ3v) is 3.86. The van der Waals surface area contributed by atoms with Gasteiger partial charge in [0.05, 0.1) is 24.8 Å². The molecule has 0 unspecified atom stereocenters.